The molecule has 0 aliphatic heterocycles. The molecule has 0 unspecified atom stereocenters. The van der Waals surface area contributed by atoms with E-state index in [1.54, 1.807) is 42.5 Å². The van der Waals surface area contributed by atoms with Crippen molar-refractivity contribution < 1.29 is 9.59 Å². The standard InChI is InChI=1S/C14H9BrClNO2/c15-10-4-5-12(13(16)7-10)14(19)17-11-3-1-2-9(6-11)8-18/h1-8H,(H,17,19). The van der Waals surface area contributed by atoms with Gasteiger partial charge in [-0.15, -0.1) is 0 Å². The first kappa shape index (κ1) is 13.8. The molecule has 0 aliphatic carbocycles. The molecule has 0 atom stereocenters. The molecule has 0 aliphatic rings. The topological polar surface area (TPSA) is 46.2 Å². The molecule has 2 rings (SSSR count). The minimum absolute atomic E-state index is 0.319. The fraction of sp³-hybridized carbons (Fsp3) is 0. The second-order valence-electron chi connectivity index (χ2n) is 3.82. The summed E-state index contributed by atoms with van der Waals surface area (Å²) in [6, 6.07) is 11.7. The van der Waals surface area contributed by atoms with Crippen LogP contribution in [0.25, 0.3) is 0 Å². The molecule has 19 heavy (non-hydrogen) atoms. The van der Waals surface area contributed by atoms with E-state index in [-0.39, 0.29) is 5.91 Å². The van der Waals surface area contributed by atoms with Gasteiger partial charge in [-0.25, -0.2) is 0 Å². The van der Waals surface area contributed by atoms with Gasteiger partial charge in [-0.1, -0.05) is 39.7 Å². The molecule has 0 heterocycles. The van der Waals surface area contributed by atoms with Crippen LogP contribution in [0.3, 0.4) is 0 Å². The Morgan fingerprint density at radius 1 is 1.21 bits per heavy atom. The lowest BCUT2D eigenvalue weighted by Crippen LogP contribution is -2.12. The number of hydrogen-bond acceptors (Lipinski definition) is 2. The number of anilines is 1. The van der Waals surface area contributed by atoms with Crippen LogP contribution < -0.4 is 5.32 Å². The first-order valence-corrected chi connectivity index (χ1v) is 6.59. The van der Waals surface area contributed by atoms with Crippen LogP contribution >= 0.6 is 27.5 Å². The third-order valence-electron chi connectivity index (χ3n) is 2.46. The number of benzene rings is 2. The Bertz CT molecular complexity index is 643. The summed E-state index contributed by atoms with van der Waals surface area (Å²) in [6.07, 6.45) is 0.724. The van der Waals surface area contributed by atoms with Gasteiger partial charge in [0.1, 0.15) is 6.29 Å². The molecule has 96 valence electrons. The van der Waals surface area contributed by atoms with Crippen molar-refractivity contribution in [1.29, 1.82) is 0 Å². The first-order chi connectivity index (χ1) is 9.10. The van der Waals surface area contributed by atoms with Crippen molar-refractivity contribution in [3.63, 3.8) is 0 Å². The van der Waals surface area contributed by atoms with Crippen molar-refractivity contribution in [2.75, 3.05) is 5.32 Å². The maximum absolute atomic E-state index is 12.0. The molecule has 0 saturated carbocycles. The van der Waals surface area contributed by atoms with Gasteiger partial charge in [-0.05, 0) is 30.3 Å². The molecule has 3 nitrogen and oxygen atoms in total. The van der Waals surface area contributed by atoms with Gasteiger partial charge < -0.3 is 5.32 Å². The quantitative estimate of drug-likeness (QED) is 0.854. The molecule has 1 amide bonds. The van der Waals surface area contributed by atoms with E-state index in [2.05, 4.69) is 21.2 Å². The molecule has 0 spiro atoms. The van der Waals surface area contributed by atoms with E-state index in [1.165, 1.54) is 0 Å². The van der Waals surface area contributed by atoms with Crippen molar-refractivity contribution in [1.82, 2.24) is 0 Å². The summed E-state index contributed by atoms with van der Waals surface area (Å²) in [5.41, 5.74) is 1.43. The largest absolute Gasteiger partial charge is 0.322 e. The number of carbonyl (C=O) groups is 2. The summed E-state index contributed by atoms with van der Waals surface area (Å²) in [5, 5.41) is 3.06. The highest BCUT2D eigenvalue weighted by molar-refractivity contribution is 9.10. The third-order valence-corrected chi connectivity index (χ3v) is 3.26. The highest BCUT2D eigenvalue weighted by atomic mass is 79.9. The Balaban J connectivity index is 2.22. The van der Waals surface area contributed by atoms with Crippen LogP contribution in [-0.4, -0.2) is 12.2 Å². The molecule has 1 N–H and O–H groups in total. The zero-order valence-corrected chi connectivity index (χ0v) is 12.0. The average molecular weight is 339 g/mol. The van der Waals surface area contributed by atoms with Crippen LogP contribution in [-0.2, 0) is 0 Å². The smallest absolute Gasteiger partial charge is 0.257 e. The number of hydrogen-bond donors (Lipinski definition) is 1. The summed E-state index contributed by atoms with van der Waals surface area (Å²) in [5.74, 6) is -0.319. The Morgan fingerprint density at radius 2 is 2.00 bits per heavy atom. The highest BCUT2D eigenvalue weighted by Gasteiger charge is 2.10. The molecule has 2 aromatic rings. The van der Waals surface area contributed by atoms with E-state index in [0.717, 1.165) is 10.8 Å². The predicted molar refractivity (Wildman–Crippen MR) is 78.9 cm³/mol. The van der Waals surface area contributed by atoms with Crippen LogP contribution in [0.15, 0.2) is 46.9 Å². The summed E-state index contributed by atoms with van der Waals surface area (Å²) >= 11 is 9.28. The lowest BCUT2D eigenvalue weighted by Gasteiger charge is -2.07. The second kappa shape index (κ2) is 5.99. The lowest BCUT2D eigenvalue weighted by atomic mass is 10.2. The van der Waals surface area contributed by atoms with Crippen LogP contribution in [0, 0.1) is 0 Å². The fourth-order valence-electron chi connectivity index (χ4n) is 1.56. The van der Waals surface area contributed by atoms with Gasteiger partial charge in [-0.3, -0.25) is 9.59 Å². The van der Waals surface area contributed by atoms with Gasteiger partial charge in [-0.2, -0.15) is 0 Å². The van der Waals surface area contributed by atoms with Gasteiger partial charge in [0.05, 0.1) is 10.6 Å². The summed E-state index contributed by atoms with van der Waals surface area (Å²) in [4.78, 5) is 22.7. The van der Waals surface area contributed by atoms with Crippen molar-refractivity contribution >= 4 is 45.4 Å². The highest BCUT2D eigenvalue weighted by Crippen LogP contribution is 2.22. The molecule has 0 fully saturated rings. The van der Waals surface area contributed by atoms with Gasteiger partial charge in [0.25, 0.3) is 5.91 Å². The van der Waals surface area contributed by atoms with Gasteiger partial charge in [0, 0.05) is 15.7 Å². The summed E-state index contributed by atoms with van der Waals surface area (Å²) in [7, 11) is 0. The summed E-state index contributed by atoms with van der Waals surface area (Å²) in [6.45, 7) is 0. The van der Waals surface area contributed by atoms with E-state index < -0.39 is 0 Å². The minimum Gasteiger partial charge on any atom is -0.322 e. The molecular formula is C14H9BrClNO2. The number of amides is 1. The van der Waals surface area contributed by atoms with E-state index in [4.69, 9.17) is 11.6 Å². The Morgan fingerprint density at radius 3 is 2.68 bits per heavy atom. The molecule has 0 radical (unpaired) electrons. The molecule has 0 saturated heterocycles. The van der Waals surface area contributed by atoms with Crippen LogP contribution in [0.1, 0.15) is 20.7 Å². The molecule has 0 aromatic heterocycles. The maximum atomic E-state index is 12.0. The van der Waals surface area contributed by atoms with Crippen LogP contribution in [0.2, 0.25) is 5.02 Å². The monoisotopic (exact) mass is 337 g/mol. The second-order valence-corrected chi connectivity index (χ2v) is 5.14. The first-order valence-electron chi connectivity index (χ1n) is 5.42. The van der Waals surface area contributed by atoms with Crippen molar-refractivity contribution in [3.05, 3.63) is 63.1 Å². The van der Waals surface area contributed by atoms with E-state index >= 15 is 0 Å². The lowest BCUT2D eigenvalue weighted by molar-refractivity contribution is 0.102. The fourth-order valence-corrected chi connectivity index (χ4v) is 2.32. The van der Waals surface area contributed by atoms with Crippen molar-refractivity contribution in [2.45, 2.75) is 0 Å². The number of aldehydes is 1. The zero-order chi connectivity index (χ0) is 13.8. The number of nitrogens with one attached hydrogen (secondary N) is 1. The van der Waals surface area contributed by atoms with Crippen LogP contribution in [0.5, 0.6) is 0 Å². The number of carbonyl (C=O) groups excluding carboxylic acids is 2. The zero-order valence-electron chi connectivity index (χ0n) is 9.69. The Labute approximate surface area is 123 Å². The van der Waals surface area contributed by atoms with E-state index in [9.17, 15) is 9.59 Å². The Hall–Kier alpha value is -1.65. The third kappa shape index (κ3) is 3.43. The molecule has 2 aromatic carbocycles. The number of halogens is 2. The predicted octanol–water partition coefficient (Wildman–Crippen LogP) is 4.17. The van der Waals surface area contributed by atoms with Crippen LogP contribution in [0.4, 0.5) is 5.69 Å². The van der Waals surface area contributed by atoms with Gasteiger partial charge in [0.2, 0.25) is 0 Å². The maximum Gasteiger partial charge on any atom is 0.257 e. The average Bonchev–Trinajstić information content (AvgIpc) is 2.38. The van der Waals surface area contributed by atoms with E-state index in [0.29, 0.717) is 21.8 Å². The number of rotatable bonds is 3. The summed E-state index contributed by atoms with van der Waals surface area (Å²) < 4.78 is 0.803. The molecule has 5 heteroatoms. The molecule has 0 bridgehead atoms. The van der Waals surface area contributed by atoms with Crippen molar-refractivity contribution in [3.8, 4) is 0 Å². The molecular weight excluding hydrogens is 330 g/mol. The van der Waals surface area contributed by atoms with Crippen molar-refractivity contribution in [2.24, 2.45) is 0 Å². The van der Waals surface area contributed by atoms with E-state index in [1.807, 2.05) is 0 Å². The van der Waals surface area contributed by atoms with Gasteiger partial charge in [0.15, 0.2) is 0 Å². The normalized spacial score (nSPS) is 10.0. The van der Waals surface area contributed by atoms with Gasteiger partial charge >= 0.3 is 0 Å². The SMILES string of the molecule is O=Cc1cccc(NC(=O)c2ccc(Br)cc2Cl)c1. The minimum atomic E-state index is -0.319. The Kier molecular flexibility index (Phi) is 4.35.